The van der Waals surface area contributed by atoms with Crippen molar-refractivity contribution in [2.45, 2.75) is 83.7 Å². The van der Waals surface area contributed by atoms with E-state index in [1.165, 1.54) is 76.0 Å². The largest absolute Gasteiger partial charge is 0.378 e. The van der Waals surface area contributed by atoms with Crippen molar-refractivity contribution >= 4 is 15.9 Å². The number of rotatable bonds is 10. The van der Waals surface area contributed by atoms with Gasteiger partial charge in [0.05, 0.1) is 6.10 Å². The monoisotopic (exact) mass is 318 g/mol. The van der Waals surface area contributed by atoms with Gasteiger partial charge in [-0.3, -0.25) is 0 Å². The average molecular weight is 319 g/mol. The van der Waals surface area contributed by atoms with Gasteiger partial charge in [0.15, 0.2) is 0 Å². The van der Waals surface area contributed by atoms with Crippen LogP contribution in [0.3, 0.4) is 0 Å². The normalized spacial score (nSPS) is 24.3. The van der Waals surface area contributed by atoms with Gasteiger partial charge in [0, 0.05) is 11.9 Å². The maximum absolute atomic E-state index is 5.97. The van der Waals surface area contributed by atoms with Crippen molar-refractivity contribution in [2.75, 3.05) is 11.9 Å². The highest BCUT2D eigenvalue weighted by Crippen LogP contribution is 2.25. The van der Waals surface area contributed by atoms with Crippen LogP contribution in [-0.2, 0) is 4.74 Å². The summed E-state index contributed by atoms with van der Waals surface area (Å²) in [7, 11) is 0. The zero-order chi connectivity index (χ0) is 13.1. The van der Waals surface area contributed by atoms with Gasteiger partial charge in [0.1, 0.15) is 0 Å². The Kier molecular flexibility index (Phi) is 10.3. The van der Waals surface area contributed by atoms with Gasteiger partial charge in [0.25, 0.3) is 0 Å². The predicted octanol–water partition coefficient (Wildman–Crippen LogP) is 5.71. The first-order valence-corrected chi connectivity index (χ1v) is 9.12. The van der Waals surface area contributed by atoms with Crippen LogP contribution in [0.4, 0.5) is 0 Å². The van der Waals surface area contributed by atoms with Gasteiger partial charge < -0.3 is 4.74 Å². The number of halogens is 1. The van der Waals surface area contributed by atoms with Crippen LogP contribution in [0.5, 0.6) is 0 Å². The van der Waals surface area contributed by atoms with Crippen LogP contribution in [0.1, 0.15) is 77.6 Å². The van der Waals surface area contributed by atoms with E-state index in [2.05, 4.69) is 22.9 Å². The van der Waals surface area contributed by atoms with E-state index >= 15 is 0 Å². The standard InChI is InChI=1S/C16H31BrO/c1-15-9-11-16(12-10-15)18-14-8-6-4-2-3-5-7-13-17/h15-16H,2-14H2,1H3. The summed E-state index contributed by atoms with van der Waals surface area (Å²) in [6, 6.07) is 0. The predicted molar refractivity (Wildman–Crippen MR) is 83.5 cm³/mol. The third-order valence-corrected chi connectivity index (χ3v) is 4.66. The summed E-state index contributed by atoms with van der Waals surface area (Å²) >= 11 is 3.48. The molecule has 1 aliphatic carbocycles. The molecule has 0 aromatic heterocycles. The Morgan fingerprint density at radius 2 is 1.39 bits per heavy atom. The summed E-state index contributed by atoms with van der Waals surface area (Å²) in [5, 5.41) is 1.17. The zero-order valence-electron chi connectivity index (χ0n) is 12.1. The van der Waals surface area contributed by atoms with Crippen LogP contribution in [0.2, 0.25) is 0 Å². The lowest BCUT2D eigenvalue weighted by Crippen LogP contribution is -2.20. The van der Waals surface area contributed by atoms with Gasteiger partial charge >= 0.3 is 0 Å². The first kappa shape index (κ1) is 16.5. The van der Waals surface area contributed by atoms with Crippen molar-refractivity contribution in [1.29, 1.82) is 0 Å². The quantitative estimate of drug-likeness (QED) is 0.370. The third kappa shape index (κ3) is 8.53. The molecule has 108 valence electrons. The summed E-state index contributed by atoms with van der Waals surface area (Å²) in [4.78, 5) is 0. The van der Waals surface area contributed by atoms with Crippen LogP contribution in [0.15, 0.2) is 0 Å². The number of hydrogen-bond acceptors (Lipinski definition) is 1. The highest BCUT2D eigenvalue weighted by Gasteiger charge is 2.17. The van der Waals surface area contributed by atoms with Gasteiger partial charge in [-0.15, -0.1) is 0 Å². The Morgan fingerprint density at radius 1 is 0.833 bits per heavy atom. The maximum Gasteiger partial charge on any atom is 0.0575 e. The Balaban J connectivity index is 1.78. The SMILES string of the molecule is CC1CCC(OCCCCCCCCCBr)CC1. The molecule has 0 atom stereocenters. The summed E-state index contributed by atoms with van der Waals surface area (Å²) < 4.78 is 5.97. The van der Waals surface area contributed by atoms with Crippen LogP contribution in [0.25, 0.3) is 0 Å². The van der Waals surface area contributed by atoms with Crippen LogP contribution >= 0.6 is 15.9 Å². The number of alkyl halides is 1. The highest BCUT2D eigenvalue weighted by atomic mass is 79.9. The van der Waals surface area contributed by atoms with Crippen molar-refractivity contribution in [3.8, 4) is 0 Å². The first-order chi connectivity index (χ1) is 8.83. The Labute approximate surface area is 122 Å². The Morgan fingerprint density at radius 3 is 2.00 bits per heavy atom. The molecule has 0 aromatic rings. The second kappa shape index (κ2) is 11.3. The molecule has 0 N–H and O–H groups in total. The van der Waals surface area contributed by atoms with E-state index in [4.69, 9.17) is 4.74 Å². The fraction of sp³-hybridized carbons (Fsp3) is 1.00. The van der Waals surface area contributed by atoms with E-state index in [0.717, 1.165) is 12.5 Å². The van der Waals surface area contributed by atoms with E-state index in [9.17, 15) is 0 Å². The molecule has 0 heterocycles. The molecule has 0 bridgehead atoms. The molecule has 0 saturated heterocycles. The van der Waals surface area contributed by atoms with Gasteiger partial charge in [-0.1, -0.05) is 55.0 Å². The molecule has 1 saturated carbocycles. The van der Waals surface area contributed by atoms with E-state index in [1.807, 2.05) is 0 Å². The second-order valence-corrected chi connectivity index (χ2v) is 6.71. The summed E-state index contributed by atoms with van der Waals surface area (Å²) in [5.41, 5.74) is 0. The van der Waals surface area contributed by atoms with E-state index in [-0.39, 0.29) is 0 Å². The van der Waals surface area contributed by atoms with Crippen molar-refractivity contribution in [3.63, 3.8) is 0 Å². The molecular weight excluding hydrogens is 288 g/mol. The topological polar surface area (TPSA) is 9.23 Å². The Hall–Kier alpha value is 0.440. The summed E-state index contributed by atoms with van der Waals surface area (Å²) in [5.74, 6) is 0.935. The van der Waals surface area contributed by atoms with E-state index < -0.39 is 0 Å². The fourth-order valence-electron chi connectivity index (χ4n) is 2.73. The number of ether oxygens (including phenoxy) is 1. The minimum absolute atomic E-state index is 0.583. The lowest BCUT2D eigenvalue weighted by Gasteiger charge is -2.26. The first-order valence-electron chi connectivity index (χ1n) is 8.00. The molecule has 1 aliphatic rings. The number of hydrogen-bond donors (Lipinski definition) is 0. The zero-order valence-corrected chi connectivity index (χ0v) is 13.7. The second-order valence-electron chi connectivity index (χ2n) is 5.92. The molecule has 0 aromatic carbocycles. The lowest BCUT2D eigenvalue weighted by molar-refractivity contribution is 0.0178. The molecule has 0 spiro atoms. The van der Waals surface area contributed by atoms with E-state index in [1.54, 1.807) is 0 Å². The van der Waals surface area contributed by atoms with Gasteiger partial charge in [-0.2, -0.15) is 0 Å². The molecule has 1 fully saturated rings. The fourth-order valence-corrected chi connectivity index (χ4v) is 3.12. The molecule has 0 aliphatic heterocycles. The summed E-state index contributed by atoms with van der Waals surface area (Å²) in [6.45, 7) is 3.37. The summed E-state index contributed by atoms with van der Waals surface area (Å²) in [6.07, 6.45) is 15.5. The van der Waals surface area contributed by atoms with Crippen LogP contribution in [0, 0.1) is 5.92 Å². The molecule has 1 rings (SSSR count). The van der Waals surface area contributed by atoms with Crippen molar-refractivity contribution < 1.29 is 4.74 Å². The molecule has 0 amide bonds. The smallest absolute Gasteiger partial charge is 0.0575 e. The number of unbranched alkanes of at least 4 members (excludes halogenated alkanes) is 6. The molecular formula is C16H31BrO. The third-order valence-electron chi connectivity index (χ3n) is 4.09. The molecule has 0 radical (unpaired) electrons. The van der Waals surface area contributed by atoms with E-state index in [0.29, 0.717) is 6.10 Å². The van der Waals surface area contributed by atoms with Crippen LogP contribution < -0.4 is 0 Å². The maximum atomic E-state index is 5.97. The van der Waals surface area contributed by atoms with Crippen molar-refractivity contribution in [1.82, 2.24) is 0 Å². The van der Waals surface area contributed by atoms with Gasteiger partial charge in [-0.25, -0.2) is 0 Å². The average Bonchev–Trinajstić information content (AvgIpc) is 2.39. The molecule has 0 unspecified atom stereocenters. The van der Waals surface area contributed by atoms with Crippen molar-refractivity contribution in [3.05, 3.63) is 0 Å². The van der Waals surface area contributed by atoms with Gasteiger partial charge in [0.2, 0.25) is 0 Å². The minimum Gasteiger partial charge on any atom is -0.378 e. The lowest BCUT2D eigenvalue weighted by atomic mass is 9.89. The van der Waals surface area contributed by atoms with Gasteiger partial charge in [-0.05, 0) is 44.4 Å². The highest BCUT2D eigenvalue weighted by molar-refractivity contribution is 9.09. The Bertz CT molecular complexity index is 176. The molecule has 1 nitrogen and oxygen atoms in total. The van der Waals surface area contributed by atoms with Crippen molar-refractivity contribution in [2.24, 2.45) is 5.92 Å². The minimum atomic E-state index is 0.583. The molecule has 18 heavy (non-hydrogen) atoms. The van der Waals surface area contributed by atoms with Crippen LogP contribution in [-0.4, -0.2) is 18.0 Å². The molecule has 2 heteroatoms.